The van der Waals surface area contributed by atoms with Crippen molar-refractivity contribution in [3.05, 3.63) is 66.0 Å². The first-order valence-electron chi connectivity index (χ1n) is 12.6. The predicted octanol–water partition coefficient (Wildman–Crippen LogP) is 4.33. The minimum Gasteiger partial charge on any atom is -0.491 e. The van der Waals surface area contributed by atoms with Gasteiger partial charge in [0, 0.05) is 43.7 Å². The normalized spacial score (nSPS) is 13.7. The van der Waals surface area contributed by atoms with Crippen LogP contribution in [0.1, 0.15) is 61.9 Å². The third kappa shape index (κ3) is 10.3. The molecule has 2 heterocycles. The van der Waals surface area contributed by atoms with Gasteiger partial charge in [-0.3, -0.25) is 14.6 Å². The van der Waals surface area contributed by atoms with Crippen LogP contribution in [0.15, 0.2) is 54.9 Å². The van der Waals surface area contributed by atoms with Crippen LogP contribution in [0.4, 0.5) is 0 Å². The Morgan fingerprint density at radius 2 is 1.89 bits per heavy atom. The number of pyridine rings is 1. The number of carbonyl (C=O) groups is 2. The van der Waals surface area contributed by atoms with Gasteiger partial charge in [0.2, 0.25) is 5.91 Å². The van der Waals surface area contributed by atoms with Crippen molar-refractivity contribution in [3.8, 4) is 5.75 Å². The molecule has 35 heavy (non-hydrogen) atoms. The maximum absolute atomic E-state index is 12.7. The number of ether oxygens (including phenoxy) is 1. The number of nitrogens with zero attached hydrogens (tertiary/aromatic N) is 2. The molecule has 0 aliphatic carbocycles. The van der Waals surface area contributed by atoms with Crippen LogP contribution >= 0.6 is 0 Å². The molecule has 3 rings (SSSR count). The van der Waals surface area contributed by atoms with Gasteiger partial charge in [-0.15, -0.1) is 0 Å². The molecule has 1 aliphatic heterocycles. The Bertz CT molecular complexity index is 892. The molecule has 1 aliphatic rings. The number of hydrogen-bond acceptors (Lipinski definition) is 5. The van der Waals surface area contributed by atoms with Crippen molar-refractivity contribution in [2.75, 3.05) is 32.8 Å². The first-order valence-corrected chi connectivity index (χ1v) is 12.6. The third-order valence-electron chi connectivity index (χ3n) is 5.81. The molecular weight excluding hydrogens is 442 g/mol. The minimum atomic E-state index is -0.0846. The van der Waals surface area contributed by atoms with E-state index >= 15 is 0 Å². The average molecular weight is 482 g/mol. The van der Waals surface area contributed by atoms with E-state index in [1.807, 2.05) is 30.9 Å². The van der Waals surface area contributed by atoms with Gasteiger partial charge < -0.3 is 20.1 Å². The number of amides is 2. The zero-order valence-electron chi connectivity index (χ0n) is 21.0. The van der Waals surface area contributed by atoms with E-state index in [4.69, 9.17) is 9.84 Å². The van der Waals surface area contributed by atoms with E-state index in [1.54, 1.807) is 48.8 Å². The van der Waals surface area contributed by atoms with Gasteiger partial charge in [0.1, 0.15) is 12.4 Å². The molecule has 1 fully saturated rings. The van der Waals surface area contributed by atoms with Crippen LogP contribution < -0.4 is 10.1 Å². The Kier molecular flexibility index (Phi) is 13.2. The van der Waals surface area contributed by atoms with Crippen molar-refractivity contribution in [3.63, 3.8) is 0 Å². The van der Waals surface area contributed by atoms with E-state index in [2.05, 4.69) is 10.3 Å². The second-order valence-electron chi connectivity index (χ2n) is 8.24. The molecule has 7 heteroatoms. The fourth-order valence-electron chi connectivity index (χ4n) is 3.94. The van der Waals surface area contributed by atoms with Gasteiger partial charge in [-0.1, -0.05) is 32.8 Å². The summed E-state index contributed by atoms with van der Waals surface area (Å²) in [5, 5.41) is 11.7. The molecule has 0 atom stereocenters. The lowest BCUT2D eigenvalue weighted by Gasteiger charge is -2.32. The number of likely N-dealkylation sites (tertiary alicyclic amines) is 1. The number of aliphatic hydroxyl groups excluding tert-OH is 1. The van der Waals surface area contributed by atoms with Gasteiger partial charge in [0.15, 0.2) is 0 Å². The van der Waals surface area contributed by atoms with Crippen LogP contribution in [0, 0.1) is 5.92 Å². The fraction of sp³-hybridized carbons (Fsp3) is 0.464. The van der Waals surface area contributed by atoms with Crippen molar-refractivity contribution < 1.29 is 19.4 Å². The minimum absolute atomic E-state index is 0.0333. The summed E-state index contributed by atoms with van der Waals surface area (Å²) in [6.07, 6.45) is 11.9. The molecule has 1 aromatic carbocycles. The third-order valence-corrected chi connectivity index (χ3v) is 5.81. The number of aliphatic hydroxyl groups is 1. The number of unbranched alkanes of at least 4 members (excludes halogenated alkanes) is 1. The van der Waals surface area contributed by atoms with E-state index in [-0.39, 0.29) is 25.0 Å². The Balaban J connectivity index is 0.00000210. The van der Waals surface area contributed by atoms with Crippen molar-refractivity contribution in [1.29, 1.82) is 0 Å². The summed E-state index contributed by atoms with van der Waals surface area (Å²) in [6, 6.07) is 10.8. The number of benzene rings is 1. The molecule has 0 spiro atoms. The van der Waals surface area contributed by atoms with Gasteiger partial charge >= 0.3 is 0 Å². The summed E-state index contributed by atoms with van der Waals surface area (Å²) < 4.78 is 5.34. The van der Waals surface area contributed by atoms with E-state index < -0.39 is 0 Å². The van der Waals surface area contributed by atoms with E-state index in [9.17, 15) is 9.59 Å². The number of aromatic nitrogens is 1. The zero-order valence-corrected chi connectivity index (χ0v) is 21.0. The van der Waals surface area contributed by atoms with Gasteiger partial charge in [0.25, 0.3) is 5.91 Å². The summed E-state index contributed by atoms with van der Waals surface area (Å²) in [5.74, 6) is 1.26. The van der Waals surface area contributed by atoms with Crippen LogP contribution in [-0.4, -0.2) is 59.7 Å². The van der Waals surface area contributed by atoms with Gasteiger partial charge in [-0.25, -0.2) is 0 Å². The number of hydrogen-bond donors (Lipinski definition) is 2. The highest BCUT2D eigenvalue weighted by atomic mass is 16.5. The summed E-state index contributed by atoms with van der Waals surface area (Å²) >= 11 is 0. The highest BCUT2D eigenvalue weighted by Crippen LogP contribution is 2.24. The predicted molar refractivity (Wildman–Crippen MR) is 139 cm³/mol. The highest BCUT2D eigenvalue weighted by molar-refractivity contribution is 5.94. The lowest BCUT2D eigenvalue weighted by atomic mass is 9.91. The number of piperidine rings is 1. The molecule has 1 aromatic heterocycles. The maximum atomic E-state index is 12.7. The molecule has 0 unspecified atom stereocenters. The van der Waals surface area contributed by atoms with Crippen molar-refractivity contribution >= 4 is 17.9 Å². The summed E-state index contributed by atoms with van der Waals surface area (Å²) in [6.45, 7) is 6.45. The summed E-state index contributed by atoms with van der Waals surface area (Å²) in [7, 11) is 0. The molecule has 2 N–H and O–H groups in total. The quantitative estimate of drug-likeness (QED) is 0.368. The van der Waals surface area contributed by atoms with E-state index in [1.165, 1.54) is 0 Å². The topological polar surface area (TPSA) is 91.8 Å². The lowest BCUT2D eigenvalue weighted by Crippen LogP contribution is -2.38. The Labute approximate surface area is 209 Å². The Hall–Kier alpha value is -3.19. The standard InChI is InChI=1S/C26H33N3O4.C2H6/c30-18-19-33-24-9-7-23(8-10-24)26(32)29-16-12-21(13-17-29)4-1-2-15-28-25(31)11-6-22-5-3-14-27-20-22;1-2/h3,5-11,14,20-21,30H,1-2,4,12-13,15-19H2,(H,28,31);1-2H3/b11-6+;. The molecule has 2 aromatic rings. The van der Waals surface area contributed by atoms with E-state index in [0.29, 0.717) is 23.8 Å². The molecule has 0 radical (unpaired) electrons. The number of nitrogens with one attached hydrogen (secondary N) is 1. The summed E-state index contributed by atoms with van der Waals surface area (Å²) in [4.78, 5) is 30.6. The van der Waals surface area contributed by atoms with Crippen LogP contribution in [0.25, 0.3) is 6.08 Å². The van der Waals surface area contributed by atoms with Crippen molar-refractivity contribution in [2.24, 2.45) is 5.92 Å². The smallest absolute Gasteiger partial charge is 0.253 e. The molecule has 190 valence electrons. The highest BCUT2D eigenvalue weighted by Gasteiger charge is 2.23. The van der Waals surface area contributed by atoms with Crippen LogP contribution in [0.2, 0.25) is 0 Å². The van der Waals surface area contributed by atoms with Gasteiger partial charge in [0.05, 0.1) is 6.61 Å². The fourth-order valence-corrected chi connectivity index (χ4v) is 3.94. The molecule has 7 nitrogen and oxygen atoms in total. The van der Waals surface area contributed by atoms with Crippen molar-refractivity contribution in [1.82, 2.24) is 15.2 Å². The van der Waals surface area contributed by atoms with Gasteiger partial charge in [-0.05, 0) is 67.2 Å². The monoisotopic (exact) mass is 481 g/mol. The molecular formula is C28H39N3O4. The molecule has 2 amide bonds. The van der Waals surface area contributed by atoms with E-state index in [0.717, 1.165) is 50.8 Å². The van der Waals surface area contributed by atoms with Crippen LogP contribution in [-0.2, 0) is 4.79 Å². The second kappa shape index (κ2) is 16.4. The van der Waals surface area contributed by atoms with Gasteiger partial charge in [-0.2, -0.15) is 0 Å². The Morgan fingerprint density at radius 3 is 2.54 bits per heavy atom. The van der Waals surface area contributed by atoms with Crippen LogP contribution in [0.3, 0.4) is 0 Å². The van der Waals surface area contributed by atoms with Crippen molar-refractivity contribution in [2.45, 2.75) is 46.0 Å². The average Bonchev–Trinajstić information content (AvgIpc) is 2.92. The van der Waals surface area contributed by atoms with Crippen LogP contribution in [0.5, 0.6) is 5.75 Å². The lowest BCUT2D eigenvalue weighted by molar-refractivity contribution is -0.116. The first-order chi connectivity index (χ1) is 17.2. The number of rotatable bonds is 11. The molecule has 0 saturated carbocycles. The zero-order chi connectivity index (χ0) is 25.3. The molecule has 0 bridgehead atoms. The Morgan fingerprint density at radius 1 is 1.14 bits per heavy atom. The maximum Gasteiger partial charge on any atom is 0.253 e. The SMILES string of the molecule is CC.O=C(/C=C/c1cccnc1)NCCCCC1CCN(C(=O)c2ccc(OCCO)cc2)CC1. The number of carbonyl (C=O) groups excluding carboxylic acids is 2. The second-order valence-corrected chi connectivity index (χ2v) is 8.24. The first kappa shape index (κ1) is 28.1. The summed E-state index contributed by atoms with van der Waals surface area (Å²) in [5.41, 5.74) is 1.57. The largest absolute Gasteiger partial charge is 0.491 e. The molecule has 1 saturated heterocycles.